The van der Waals surface area contributed by atoms with Crippen LogP contribution in [0.1, 0.15) is 10.4 Å². The molecule has 16 heavy (non-hydrogen) atoms. The maximum Gasteiger partial charge on any atom is 0.256 e. The van der Waals surface area contributed by atoms with Crippen molar-refractivity contribution in [1.29, 1.82) is 0 Å². The quantitative estimate of drug-likeness (QED) is 0.680. The molecule has 1 aromatic rings. The van der Waals surface area contributed by atoms with Crippen LogP contribution in [-0.2, 0) is 0 Å². The molecule has 1 fully saturated rings. The Balaban J connectivity index is 2.19. The number of anilines is 1. The van der Waals surface area contributed by atoms with Gasteiger partial charge in [-0.1, -0.05) is 0 Å². The number of hydrogen-bond donors (Lipinski definition) is 2. The Morgan fingerprint density at radius 3 is 2.69 bits per heavy atom. The predicted molar refractivity (Wildman–Crippen MR) is 59.6 cm³/mol. The highest BCUT2D eigenvalue weighted by Crippen LogP contribution is 2.14. The van der Waals surface area contributed by atoms with Crippen molar-refractivity contribution in [2.75, 3.05) is 31.9 Å². The number of hydrogen-bond acceptors (Lipinski definition) is 3. The summed E-state index contributed by atoms with van der Waals surface area (Å²) in [7, 11) is 0. The summed E-state index contributed by atoms with van der Waals surface area (Å²) in [5.41, 5.74) is 5.85. The summed E-state index contributed by atoms with van der Waals surface area (Å²) in [6.45, 7) is 2.73. The van der Waals surface area contributed by atoms with Crippen LogP contribution >= 0.6 is 0 Å². The van der Waals surface area contributed by atoms with E-state index in [0.717, 1.165) is 13.1 Å². The lowest BCUT2D eigenvalue weighted by atomic mass is 10.1. The highest BCUT2D eigenvalue weighted by Gasteiger charge is 2.20. The molecular weight excluding hydrogens is 209 g/mol. The zero-order valence-electron chi connectivity index (χ0n) is 8.87. The molecule has 86 valence electrons. The lowest BCUT2D eigenvalue weighted by Crippen LogP contribution is -2.46. The molecule has 4 nitrogen and oxygen atoms in total. The van der Waals surface area contributed by atoms with E-state index in [4.69, 9.17) is 5.73 Å². The predicted octanol–water partition coefficient (Wildman–Crippen LogP) is 0.453. The van der Waals surface area contributed by atoms with E-state index in [-0.39, 0.29) is 11.5 Å². The van der Waals surface area contributed by atoms with E-state index in [2.05, 4.69) is 5.32 Å². The van der Waals surface area contributed by atoms with E-state index < -0.39 is 5.82 Å². The summed E-state index contributed by atoms with van der Waals surface area (Å²) in [4.78, 5) is 13.6. The molecule has 1 heterocycles. The molecule has 1 amide bonds. The van der Waals surface area contributed by atoms with E-state index >= 15 is 0 Å². The molecule has 1 saturated heterocycles. The van der Waals surface area contributed by atoms with E-state index in [1.165, 1.54) is 12.1 Å². The second-order valence-corrected chi connectivity index (χ2v) is 3.78. The third-order valence-corrected chi connectivity index (χ3v) is 2.63. The molecule has 1 aliphatic rings. The van der Waals surface area contributed by atoms with Crippen LogP contribution in [0, 0.1) is 5.82 Å². The van der Waals surface area contributed by atoms with Crippen LogP contribution in [-0.4, -0.2) is 37.0 Å². The molecule has 0 unspecified atom stereocenters. The molecule has 3 N–H and O–H groups in total. The average molecular weight is 223 g/mol. The molecule has 0 spiro atoms. The maximum absolute atomic E-state index is 13.5. The van der Waals surface area contributed by atoms with Crippen molar-refractivity contribution in [2.45, 2.75) is 0 Å². The molecule has 0 atom stereocenters. The van der Waals surface area contributed by atoms with Crippen molar-refractivity contribution >= 4 is 11.6 Å². The molecule has 1 aromatic carbocycles. The number of amides is 1. The first-order chi connectivity index (χ1) is 7.68. The largest absolute Gasteiger partial charge is 0.399 e. The van der Waals surface area contributed by atoms with E-state index in [9.17, 15) is 9.18 Å². The van der Waals surface area contributed by atoms with Gasteiger partial charge < -0.3 is 16.0 Å². The van der Waals surface area contributed by atoms with Gasteiger partial charge in [-0.3, -0.25) is 4.79 Å². The fraction of sp³-hybridized carbons (Fsp3) is 0.364. The number of rotatable bonds is 1. The number of nitrogens with one attached hydrogen (secondary N) is 1. The van der Waals surface area contributed by atoms with E-state index in [1.807, 2.05) is 0 Å². The van der Waals surface area contributed by atoms with Gasteiger partial charge in [0.15, 0.2) is 0 Å². The minimum absolute atomic E-state index is 0.0936. The molecule has 1 aliphatic heterocycles. The van der Waals surface area contributed by atoms with E-state index in [0.29, 0.717) is 18.8 Å². The van der Waals surface area contributed by atoms with Gasteiger partial charge in [0.1, 0.15) is 5.82 Å². The van der Waals surface area contributed by atoms with Crippen LogP contribution < -0.4 is 11.1 Å². The molecule has 5 heteroatoms. The number of halogens is 1. The number of carbonyl (C=O) groups excluding carboxylic acids is 1. The van der Waals surface area contributed by atoms with Crippen molar-refractivity contribution < 1.29 is 9.18 Å². The second-order valence-electron chi connectivity index (χ2n) is 3.78. The van der Waals surface area contributed by atoms with Crippen LogP contribution in [0.5, 0.6) is 0 Å². The SMILES string of the molecule is Nc1ccc(C(=O)N2CCNCC2)c(F)c1. The molecule has 0 radical (unpaired) electrons. The number of benzene rings is 1. The van der Waals surface area contributed by atoms with Gasteiger partial charge in [-0.25, -0.2) is 4.39 Å². The Hall–Kier alpha value is -1.62. The fourth-order valence-corrected chi connectivity index (χ4v) is 1.74. The summed E-state index contributed by atoms with van der Waals surface area (Å²) < 4.78 is 13.5. The first kappa shape index (κ1) is 10.9. The number of piperazine rings is 1. The van der Waals surface area contributed by atoms with Crippen molar-refractivity contribution in [2.24, 2.45) is 0 Å². The van der Waals surface area contributed by atoms with Gasteiger partial charge in [-0.15, -0.1) is 0 Å². The summed E-state index contributed by atoms with van der Waals surface area (Å²) in [5.74, 6) is -0.817. The van der Waals surface area contributed by atoms with Crippen LogP contribution in [0.15, 0.2) is 18.2 Å². The molecule has 2 rings (SSSR count). The summed E-state index contributed by atoms with van der Waals surface area (Å²) >= 11 is 0. The number of nitrogen functional groups attached to an aromatic ring is 1. The summed E-state index contributed by atoms with van der Waals surface area (Å²) in [6.07, 6.45) is 0. The first-order valence-corrected chi connectivity index (χ1v) is 5.23. The molecule has 0 bridgehead atoms. The van der Waals surface area contributed by atoms with Gasteiger partial charge in [0, 0.05) is 31.9 Å². The lowest BCUT2D eigenvalue weighted by molar-refractivity contribution is 0.0731. The Morgan fingerprint density at radius 2 is 2.06 bits per heavy atom. The zero-order valence-corrected chi connectivity index (χ0v) is 8.87. The van der Waals surface area contributed by atoms with Gasteiger partial charge in [-0.2, -0.15) is 0 Å². The number of carbonyl (C=O) groups is 1. The summed E-state index contributed by atoms with van der Waals surface area (Å²) in [6, 6.07) is 4.16. The number of nitrogens with two attached hydrogens (primary N) is 1. The average Bonchev–Trinajstić information content (AvgIpc) is 2.29. The van der Waals surface area contributed by atoms with Gasteiger partial charge in [0.2, 0.25) is 0 Å². The van der Waals surface area contributed by atoms with Crippen molar-refractivity contribution in [3.05, 3.63) is 29.6 Å². The fourth-order valence-electron chi connectivity index (χ4n) is 1.74. The van der Waals surface area contributed by atoms with Crippen molar-refractivity contribution in [3.8, 4) is 0 Å². The van der Waals surface area contributed by atoms with Crippen molar-refractivity contribution in [1.82, 2.24) is 10.2 Å². The third kappa shape index (κ3) is 2.14. The molecule has 0 aromatic heterocycles. The minimum atomic E-state index is -0.552. The molecular formula is C11H14FN3O. The Bertz CT molecular complexity index is 402. The number of nitrogens with zero attached hydrogens (tertiary/aromatic N) is 1. The Labute approximate surface area is 93.2 Å². The molecule has 0 saturated carbocycles. The highest BCUT2D eigenvalue weighted by molar-refractivity contribution is 5.94. The third-order valence-electron chi connectivity index (χ3n) is 2.63. The molecule has 0 aliphatic carbocycles. The van der Waals surface area contributed by atoms with Gasteiger partial charge in [-0.05, 0) is 18.2 Å². The maximum atomic E-state index is 13.5. The summed E-state index contributed by atoms with van der Waals surface area (Å²) in [5, 5.41) is 3.14. The standard InChI is InChI=1S/C11H14FN3O/c12-10-7-8(13)1-2-9(10)11(16)15-5-3-14-4-6-15/h1-2,7,14H,3-6,13H2. The van der Waals surface area contributed by atoms with Crippen LogP contribution in [0.2, 0.25) is 0 Å². The second kappa shape index (κ2) is 4.49. The van der Waals surface area contributed by atoms with Gasteiger partial charge >= 0.3 is 0 Å². The zero-order chi connectivity index (χ0) is 11.5. The van der Waals surface area contributed by atoms with E-state index in [1.54, 1.807) is 11.0 Å². The van der Waals surface area contributed by atoms with Crippen LogP contribution in [0.4, 0.5) is 10.1 Å². The Kier molecular flexibility index (Phi) is 3.05. The monoisotopic (exact) mass is 223 g/mol. The smallest absolute Gasteiger partial charge is 0.256 e. The highest BCUT2D eigenvalue weighted by atomic mass is 19.1. The van der Waals surface area contributed by atoms with Crippen LogP contribution in [0.25, 0.3) is 0 Å². The Morgan fingerprint density at radius 1 is 1.38 bits per heavy atom. The van der Waals surface area contributed by atoms with Crippen molar-refractivity contribution in [3.63, 3.8) is 0 Å². The first-order valence-electron chi connectivity index (χ1n) is 5.23. The lowest BCUT2D eigenvalue weighted by Gasteiger charge is -2.27. The topological polar surface area (TPSA) is 58.4 Å². The minimum Gasteiger partial charge on any atom is -0.399 e. The van der Waals surface area contributed by atoms with Crippen LogP contribution in [0.3, 0.4) is 0 Å². The normalized spacial score (nSPS) is 16.2. The van der Waals surface area contributed by atoms with Gasteiger partial charge in [0.25, 0.3) is 5.91 Å². The van der Waals surface area contributed by atoms with Gasteiger partial charge in [0.05, 0.1) is 5.56 Å².